The van der Waals surface area contributed by atoms with Gasteiger partial charge in [0.05, 0.1) is 6.10 Å². The fraction of sp³-hybridized carbons (Fsp3) is 0.571. The number of hydrogen-bond donors (Lipinski definition) is 1. The first-order valence-corrected chi connectivity index (χ1v) is 2.95. The highest BCUT2D eigenvalue weighted by Crippen LogP contribution is 2.08. The number of rotatable bonds is 4. The second-order valence-electron chi connectivity index (χ2n) is 1.81. The monoisotopic (exact) mass is 113 g/mol. The van der Waals surface area contributed by atoms with Gasteiger partial charge in [-0.25, -0.2) is 0 Å². The van der Waals surface area contributed by atoms with Gasteiger partial charge in [0.15, 0.2) is 0 Å². The van der Waals surface area contributed by atoms with Gasteiger partial charge in [0.2, 0.25) is 0 Å². The van der Waals surface area contributed by atoms with Crippen LogP contribution in [0.3, 0.4) is 0 Å². The lowest BCUT2D eigenvalue weighted by atomic mass is 10.1. The molecule has 0 aliphatic heterocycles. The van der Waals surface area contributed by atoms with Crippen molar-refractivity contribution in [2.45, 2.75) is 26.2 Å². The maximum absolute atomic E-state index is 8.89. The third-order valence-electron chi connectivity index (χ3n) is 0.919. The van der Waals surface area contributed by atoms with E-state index in [1.807, 2.05) is 6.92 Å². The molecule has 0 amide bonds. The third-order valence-corrected chi connectivity index (χ3v) is 0.919. The van der Waals surface area contributed by atoms with Crippen molar-refractivity contribution in [1.82, 2.24) is 0 Å². The van der Waals surface area contributed by atoms with E-state index < -0.39 is 0 Å². The van der Waals surface area contributed by atoms with Crippen LogP contribution in [0.2, 0.25) is 0 Å². The summed E-state index contributed by atoms with van der Waals surface area (Å²) in [5, 5.41) is 8.89. The maximum atomic E-state index is 8.89. The molecule has 0 aliphatic rings. The van der Waals surface area contributed by atoms with Gasteiger partial charge in [0.25, 0.3) is 0 Å². The van der Waals surface area contributed by atoms with Crippen molar-refractivity contribution < 1.29 is 5.11 Å². The van der Waals surface area contributed by atoms with E-state index in [-0.39, 0.29) is 0 Å². The first kappa shape index (κ1) is 7.70. The van der Waals surface area contributed by atoms with Gasteiger partial charge in [-0.05, 0) is 12.8 Å². The van der Waals surface area contributed by atoms with E-state index in [2.05, 4.69) is 6.58 Å². The van der Waals surface area contributed by atoms with Gasteiger partial charge in [0.1, 0.15) is 0 Å². The topological polar surface area (TPSA) is 20.2 Å². The van der Waals surface area contributed by atoms with Gasteiger partial charge in [-0.15, -0.1) is 6.58 Å². The molecule has 1 radical (unpaired) electrons. The lowest BCUT2D eigenvalue weighted by Gasteiger charge is -2.01. The second-order valence-corrected chi connectivity index (χ2v) is 1.81. The minimum Gasteiger partial charge on any atom is -0.387 e. The first-order valence-electron chi connectivity index (χ1n) is 2.95. The molecule has 0 aromatic carbocycles. The van der Waals surface area contributed by atoms with Crippen LogP contribution in [0, 0.1) is 6.10 Å². The Kier molecular flexibility index (Phi) is 4.67. The van der Waals surface area contributed by atoms with Crippen LogP contribution in [-0.4, -0.2) is 5.11 Å². The molecule has 0 rings (SSSR count). The molecule has 0 heterocycles. The van der Waals surface area contributed by atoms with Crippen LogP contribution >= 0.6 is 0 Å². The first-order chi connectivity index (χ1) is 3.81. The Labute approximate surface area is 51.0 Å². The normalized spacial score (nSPS) is 9.88. The van der Waals surface area contributed by atoms with Crippen molar-refractivity contribution in [1.29, 1.82) is 0 Å². The average Bonchev–Trinajstić information content (AvgIpc) is 1.68. The van der Waals surface area contributed by atoms with Gasteiger partial charge in [-0.2, -0.15) is 0 Å². The summed E-state index contributed by atoms with van der Waals surface area (Å²) in [5.74, 6) is 0. The molecule has 0 aliphatic carbocycles. The molecule has 8 heavy (non-hydrogen) atoms. The van der Waals surface area contributed by atoms with E-state index in [9.17, 15) is 0 Å². The van der Waals surface area contributed by atoms with Crippen LogP contribution in [-0.2, 0) is 0 Å². The quantitative estimate of drug-likeness (QED) is 0.554. The highest BCUT2D eigenvalue weighted by atomic mass is 16.3. The van der Waals surface area contributed by atoms with Gasteiger partial charge >= 0.3 is 0 Å². The summed E-state index contributed by atoms with van der Waals surface area (Å²) in [6, 6.07) is 0. The lowest BCUT2D eigenvalue weighted by Crippen LogP contribution is -1.91. The van der Waals surface area contributed by atoms with Gasteiger partial charge in [-0.3, -0.25) is 0 Å². The summed E-state index contributed by atoms with van der Waals surface area (Å²) in [6.07, 6.45) is 4.73. The molecule has 0 fully saturated rings. The SMILES string of the molecule is C=CC[C](O)CCC. The Morgan fingerprint density at radius 2 is 2.38 bits per heavy atom. The average molecular weight is 113 g/mol. The third kappa shape index (κ3) is 3.88. The molecule has 1 heteroatoms. The van der Waals surface area contributed by atoms with Crippen molar-refractivity contribution in [3.05, 3.63) is 18.8 Å². The lowest BCUT2D eigenvalue weighted by molar-refractivity contribution is 0.280. The summed E-state index contributed by atoms with van der Waals surface area (Å²) in [7, 11) is 0. The minimum atomic E-state index is 0.544. The smallest absolute Gasteiger partial charge is 0.0970 e. The zero-order valence-corrected chi connectivity index (χ0v) is 5.35. The van der Waals surface area contributed by atoms with E-state index in [1.165, 1.54) is 0 Å². The molecule has 0 aromatic heterocycles. The Hall–Kier alpha value is -0.300. The van der Waals surface area contributed by atoms with Crippen LogP contribution in [0.25, 0.3) is 0 Å². The maximum Gasteiger partial charge on any atom is 0.0970 e. The van der Waals surface area contributed by atoms with Crippen LogP contribution in [0.5, 0.6) is 0 Å². The van der Waals surface area contributed by atoms with E-state index in [0.29, 0.717) is 12.5 Å². The summed E-state index contributed by atoms with van der Waals surface area (Å²) in [6.45, 7) is 5.54. The van der Waals surface area contributed by atoms with E-state index in [0.717, 1.165) is 12.8 Å². The van der Waals surface area contributed by atoms with E-state index in [4.69, 9.17) is 5.11 Å². The van der Waals surface area contributed by atoms with E-state index >= 15 is 0 Å². The Morgan fingerprint density at radius 1 is 1.75 bits per heavy atom. The molecule has 0 aromatic rings. The number of hydrogen-bond acceptors (Lipinski definition) is 1. The predicted octanol–water partition coefficient (Wildman–Crippen LogP) is 2.27. The standard InChI is InChI=1S/C7H13O/c1-3-5-7(8)6-4-2/h3,8H,1,4-6H2,2H3. The molecule has 0 bridgehead atoms. The van der Waals surface area contributed by atoms with Crippen molar-refractivity contribution in [3.8, 4) is 0 Å². The summed E-state index contributed by atoms with van der Waals surface area (Å²) in [5.41, 5.74) is 0. The molecule has 0 spiro atoms. The van der Waals surface area contributed by atoms with Crippen molar-refractivity contribution in [3.63, 3.8) is 0 Å². The Morgan fingerprint density at radius 3 is 2.75 bits per heavy atom. The van der Waals surface area contributed by atoms with Gasteiger partial charge in [0, 0.05) is 0 Å². The molecule has 0 unspecified atom stereocenters. The number of aliphatic hydroxyl groups excluding tert-OH is 1. The highest BCUT2D eigenvalue weighted by Gasteiger charge is 1.97. The van der Waals surface area contributed by atoms with Crippen molar-refractivity contribution >= 4 is 0 Å². The zero-order chi connectivity index (χ0) is 6.41. The van der Waals surface area contributed by atoms with Crippen LogP contribution < -0.4 is 0 Å². The van der Waals surface area contributed by atoms with Gasteiger partial charge in [-0.1, -0.05) is 19.4 Å². The summed E-state index contributed by atoms with van der Waals surface area (Å²) in [4.78, 5) is 0. The fourth-order valence-electron chi connectivity index (χ4n) is 0.557. The molecular weight excluding hydrogens is 100 g/mol. The minimum absolute atomic E-state index is 0.544. The number of aliphatic hydroxyl groups is 1. The fourth-order valence-corrected chi connectivity index (χ4v) is 0.557. The van der Waals surface area contributed by atoms with E-state index in [1.54, 1.807) is 6.08 Å². The molecule has 0 atom stereocenters. The van der Waals surface area contributed by atoms with Crippen molar-refractivity contribution in [2.24, 2.45) is 0 Å². The highest BCUT2D eigenvalue weighted by molar-refractivity contribution is 4.84. The Balaban J connectivity index is 3.03. The largest absolute Gasteiger partial charge is 0.387 e. The van der Waals surface area contributed by atoms with Gasteiger partial charge < -0.3 is 5.11 Å². The Bertz CT molecular complexity index is 59.4. The molecule has 0 saturated carbocycles. The second kappa shape index (κ2) is 4.85. The molecular formula is C7H13O. The van der Waals surface area contributed by atoms with Crippen LogP contribution in [0.4, 0.5) is 0 Å². The van der Waals surface area contributed by atoms with Crippen LogP contribution in [0.1, 0.15) is 26.2 Å². The molecule has 1 nitrogen and oxygen atoms in total. The summed E-state index contributed by atoms with van der Waals surface area (Å²) >= 11 is 0. The molecule has 0 saturated heterocycles. The van der Waals surface area contributed by atoms with Crippen LogP contribution in [0.15, 0.2) is 12.7 Å². The molecule has 47 valence electrons. The van der Waals surface area contributed by atoms with Crippen molar-refractivity contribution in [2.75, 3.05) is 0 Å². The zero-order valence-electron chi connectivity index (χ0n) is 5.35. The predicted molar refractivity (Wildman–Crippen MR) is 34.9 cm³/mol. The molecule has 1 N–H and O–H groups in total. The summed E-state index contributed by atoms with van der Waals surface area (Å²) < 4.78 is 0.